The third-order valence-corrected chi connectivity index (χ3v) is 2.13. The number of hydrazine groups is 1. The van der Waals surface area contributed by atoms with Crippen LogP contribution in [0.25, 0.3) is 0 Å². The first-order valence-corrected chi connectivity index (χ1v) is 5.13. The molecule has 0 aromatic heterocycles. The third-order valence-electron chi connectivity index (χ3n) is 2.13. The highest BCUT2D eigenvalue weighted by atomic mass is 19.4. The maximum Gasteiger partial charge on any atom is 0.472 e. The van der Waals surface area contributed by atoms with Crippen LogP contribution in [-0.4, -0.2) is 27.8 Å². The number of carbonyl (C=O) groups is 2. The molecule has 0 aliphatic carbocycles. The topological polar surface area (TPSA) is 144 Å². The Bertz CT molecular complexity index is 627. The predicted octanol–water partition coefficient (Wildman–Crippen LogP) is 0.826. The van der Waals surface area contributed by atoms with Gasteiger partial charge < -0.3 is 0 Å². The zero-order valence-corrected chi connectivity index (χ0v) is 10.2. The van der Waals surface area contributed by atoms with Gasteiger partial charge in [0.15, 0.2) is 0 Å². The first-order valence-electron chi connectivity index (χ1n) is 5.13. The van der Waals surface area contributed by atoms with E-state index in [2.05, 4.69) is 0 Å². The second-order valence-electron chi connectivity index (χ2n) is 3.66. The monoisotopic (exact) mass is 322 g/mol. The number of nitro groups is 2. The molecule has 0 heterocycles. The molecule has 0 saturated heterocycles. The molecule has 0 aliphatic heterocycles. The molecule has 0 fully saturated rings. The van der Waals surface area contributed by atoms with E-state index in [-0.39, 0.29) is 0 Å². The van der Waals surface area contributed by atoms with E-state index in [9.17, 15) is 43.0 Å². The number of benzene rings is 1. The fraction of sp³-hybridized carbons (Fsp3) is 0.111. The van der Waals surface area contributed by atoms with Crippen LogP contribution in [0.5, 0.6) is 0 Å². The molecule has 118 valence electrons. The van der Waals surface area contributed by atoms with Crippen molar-refractivity contribution in [3.8, 4) is 0 Å². The molecular weight excluding hydrogens is 317 g/mol. The Kier molecular flexibility index (Phi) is 4.60. The number of nitrogens with one attached hydrogen (secondary N) is 2. The molecule has 1 aromatic rings. The van der Waals surface area contributed by atoms with Crippen LogP contribution in [0.4, 0.5) is 24.5 Å². The maximum absolute atomic E-state index is 11.9. The van der Waals surface area contributed by atoms with Crippen LogP contribution in [0.1, 0.15) is 10.4 Å². The zero-order valence-electron chi connectivity index (χ0n) is 10.2. The number of halogens is 3. The standard InChI is InChI=1S/C9H5F3N4O6/c10-9(11,12)8(18)14-13-7(17)4-1-5(15(19)20)3-6(2-4)16(21)22/h1-3H,(H,13,17)(H,14,18). The minimum atomic E-state index is -5.26. The van der Waals surface area contributed by atoms with Crippen molar-refractivity contribution in [3.05, 3.63) is 44.0 Å². The Hall–Kier alpha value is -3.25. The molecule has 13 heteroatoms. The maximum atomic E-state index is 11.9. The van der Waals surface area contributed by atoms with Crippen LogP contribution in [-0.2, 0) is 4.79 Å². The number of nitrogens with zero attached hydrogens (tertiary/aromatic N) is 2. The van der Waals surface area contributed by atoms with E-state index >= 15 is 0 Å². The van der Waals surface area contributed by atoms with Crippen LogP contribution in [0.3, 0.4) is 0 Å². The first-order chi connectivity index (χ1) is 10.0. The van der Waals surface area contributed by atoms with E-state index < -0.39 is 44.8 Å². The van der Waals surface area contributed by atoms with Gasteiger partial charge >= 0.3 is 12.1 Å². The highest BCUT2D eigenvalue weighted by Crippen LogP contribution is 2.22. The highest BCUT2D eigenvalue weighted by molar-refractivity contribution is 5.97. The molecule has 1 aromatic carbocycles. The van der Waals surface area contributed by atoms with Crippen molar-refractivity contribution in [2.75, 3.05) is 0 Å². The fourth-order valence-corrected chi connectivity index (χ4v) is 1.19. The van der Waals surface area contributed by atoms with Gasteiger partial charge in [0.1, 0.15) is 0 Å². The van der Waals surface area contributed by atoms with Gasteiger partial charge in [-0.3, -0.25) is 40.7 Å². The molecule has 1 rings (SSSR count). The van der Waals surface area contributed by atoms with Gasteiger partial charge in [-0.25, -0.2) is 0 Å². The Labute approximate surface area is 118 Å². The number of non-ortho nitro benzene ring substituents is 2. The summed E-state index contributed by atoms with van der Waals surface area (Å²) < 4.78 is 35.7. The van der Waals surface area contributed by atoms with E-state index in [1.165, 1.54) is 5.43 Å². The lowest BCUT2D eigenvalue weighted by atomic mass is 10.1. The number of hydrogen-bond acceptors (Lipinski definition) is 6. The third kappa shape index (κ3) is 4.12. The fourth-order valence-electron chi connectivity index (χ4n) is 1.19. The average Bonchev–Trinajstić information content (AvgIpc) is 2.42. The van der Waals surface area contributed by atoms with Crippen LogP contribution in [0, 0.1) is 20.2 Å². The van der Waals surface area contributed by atoms with Gasteiger partial charge in [0.2, 0.25) is 0 Å². The molecule has 0 aliphatic rings. The van der Waals surface area contributed by atoms with Crippen LogP contribution in [0.15, 0.2) is 18.2 Å². The summed E-state index contributed by atoms with van der Waals surface area (Å²) in [5, 5.41) is 21.2. The lowest BCUT2D eigenvalue weighted by molar-refractivity contribution is -0.394. The predicted molar refractivity (Wildman–Crippen MR) is 61.4 cm³/mol. The number of carbonyl (C=O) groups excluding carboxylic acids is 2. The van der Waals surface area contributed by atoms with Gasteiger partial charge in [-0.15, -0.1) is 0 Å². The van der Waals surface area contributed by atoms with E-state index in [0.29, 0.717) is 18.2 Å². The number of rotatable bonds is 3. The van der Waals surface area contributed by atoms with E-state index in [1.807, 2.05) is 0 Å². The van der Waals surface area contributed by atoms with E-state index in [0.717, 1.165) is 5.43 Å². The van der Waals surface area contributed by atoms with Gasteiger partial charge in [0.25, 0.3) is 17.3 Å². The Morgan fingerprint density at radius 3 is 1.77 bits per heavy atom. The Morgan fingerprint density at radius 1 is 0.955 bits per heavy atom. The van der Waals surface area contributed by atoms with Crippen LogP contribution >= 0.6 is 0 Å². The molecular formula is C9H5F3N4O6. The quantitative estimate of drug-likeness (QED) is 0.622. The first kappa shape index (κ1) is 16.8. The summed E-state index contributed by atoms with van der Waals surface area (Å²) in [6.07, 6.45) is -5.26. The Morgan fingerprint density at radius 2 is 1.41 bits per heavy atom. The van der Waals surface area contributed by atoms with E-state index in [1.54, 1.807) is 0 Å². The van der Waals surface area contributed by atoms with Crippen LogP contribution < -0.4 is 10.9 Å². The second-order valence-corrected chi connectivity index (χ2v) is 3.66. The lowest BCUT2D eigenvalue weighted by Crippen LogP contribution is -2.47. The van der Waals surface area contributed by atoms with Crippen molar-refractivity contribution < 1.29 is 32.6 Å². The van der Waals surface area contributed by atoms with Gasteiger partial charge in [-0.05, 0) is 0 Å². The van der Waals surface area contributed by atoms with Gasteiger partial charge in [0.05, 0.1) is 21.5 Å². The summed E-state index contributed by atoms with van der Waals surface area (Å²) in [6, 6.07) is 1.76. The molecule has 2 N–H and O–H groups in total. The van der Waals surface area contributed by atoms with Crippen molar-refractivity contribution >= 4 is 23.2 Å². The summed E-state index contributed by atoms with van der Waals surface area (Å²) >= 11 is 0. The number of hydrogen-bond donors (Lipinski definition) is 2. The van der Waals surface area contributed by atoms with E-state index in [4.69, 9.17) is 0 Å². The molecule has 0 bridgehead atoms. The van der Waals surface area contributed by atoms with Crippen molar-refractivity contribution in [2.45, 2.75) is 6.18 Å². The smallest absolute Gasteiger partial charge is 0.267 e. The molecule has 0 unspecified atom stereocenters. The Balaban J connectivity index is 3.00. The molecule has 22 heavy (non-hydrogen) atoms. The molecule has 10 nitrogen and oxygen atoms in total. The van der Waals surface area contributed by atoms with Crippen molar-refractivity contribution in [1.82, 2.24) is 10.9 Å². The minimum Gasteiger partial charge on any atom is -0.267 e. The molecule has 2 amide bonds. The number of amides is 2. The van der Waals surface area contributed by atoms with Gasteiger partial charge in [-0.2, -0.15) is 13.2 Å². The minimum absolute atomic E-state index is 0.561. The molecule has 0 saturated carbocycles. The van der Waals surface area contributed by atoms with Crippen molar-refractivity contribution in [3.63, 3.8) is 0 Å². The molecule has 0 spiro atoms. The van der Waals surface area contributed by atoms with Crippen molar-refractivity contribution in [2.24, 2.45) is 0 Å². The largest absolute Gasteiger partial charge is 0.472 e. The average molecular weight is 322 g/mol. The van der Waals surface area contributed by atoms with Gasteiger partial charge in [0, 0.05) is 12.1 Å². The SMILES string of the molecule is O=C(NNC(=O)C(F)(F)F)c1cc([N+](=O)[O-])cc([N+](=O)[O-])c1. The van der Waals surface area contributed by atoms with Gasteiger partial charge in [-0.1, -0.05) is 0 Å². The highest BCUT2D eigenvalue weighted by Gasteiger charge is 2.39. The number of alkyl halides is 3. The molecule has 0 radical (unpaired) electrons. The van der Waals surface area contributed by atoms with Crippen molar-refractivity contribution in [1.29, 1.82) is 0 Å². The zero-order chi connectivity index (χ0) is 17.1. The summed E-state index contributed by atoms with van der Waals surface area (Å²) in [5.74, 6) is -3.88. The second kappa shape index (κ2) is 6.02. The summed E-state index contributed by atoms with van der Waals surface area (Å²) in [4.78, 5) is 41.1. The normalized spacial score (nSPS) is 10.7. The molecule has 0 atom stereocenters. The number of nitro benzene ring substituents is 2. The summed E-state index contributed by atoms with van der Waals surface area (Å²) in [6.45, 7) is 0. The lowest BCUT2D eigenvalue weighted by Gasteiger charge is -2.09. The summed E-state index contributed by atoms with van der Waals surface area (Å²) in [7, 11) is 0. The van der Waals surface area contributed by atoms with Crippen LogP contribution in [0.2, 0.25) is 0 Å². The summed E-state index contributed by atoms with van der Waals surface area (Å²) in [5.41, 5.74) is 0.0354.